The normalized spacial score (nSPS) is 20.7. The van der Waals surface area contributed by atoms with Crippen molar-refractivity contribution >= 4 is 22.4 Å². The summed E-state index contributed by atoms with van der Waals surface area (Å²) < 4.78 is 0. The van der Waals surface area contributed by atoms with Gasteiger partial charge in [0.05, 0.1) is 5.92 Å². The second-order valence-corrected chi connectivity index (χ2v) is 7.47. The van der Waals surface area contributed by atoms with E-state index >= 15 is 0 Å². The van der Waals surface area contributed by atoms with Crippen molar-refractivity contribution in [3.05, 3.63) is 40.4 Å². The van der Waals surface area contributed by atoms with E-state index in [1.54, 1.807) is 11.3 Å². The molecule has 2 aromatic rings. The molecule has 4 rings (SSSR count). The first kappa shape index (κ1) is 14.6. The molecule has 120 valence electrons. The maximum atomic E-state index is 12.9. The van der Waals surface area contributed by atoms with Gasteiger partial charge in [-0.1, -0.05) is 35.6 Å². The molecule has 1 amide bonds. The van der Waals surface area contributed by atoms with Crippen LogP contribution in [-0.2, 0) is 17.8 Å². The van der Waals surface area contributed by atoms with Gasteiger partial charge in [-0.2, -0.15) is 0 Å². The lowest BCUT2D eigenvalue weighted by molar-refractivity contribution is -0.135. The second kappa shape index (κ2) is 5.92. The van der Waals surface area contributed by atoms with E-state index < -0.39 is 0 Å². The van der Waals surface area contributed by atoms with Crippen LogP contribution < -0.4 is 4.90 Å². The zero-order chi connectivity index (χ0) is 15.8. The van der Waals surface area contributed by atoms with Crippen molar-refractivity contribution in [1.29, 1.82) is 0 Å². The van der Waals surface area contributed by atoms with Crippen molar-refractivity contribution < 1.29 is 4.79 Å². The van der Waals surface area contributed by atoms with Gasteiger partial charge in [-0.15, -0.1) is 10.2 Å². The standard InChI is InChI=1S/C17H20N4OS/c1-12-18-19-17(23-12)21-9-7-15(11-21)16(22)20-8-6-13-4-2-3-5-14(13)10-20/h2-5,15H,6-11H2,1H3. The van der Waals surface area contributed by atoms with Crippen molar-refractivity contribution in [2.75, 3.05) is 24.5 Å². The molecule has 0 bridgehead atoms. The summed E-state index contributed by atoms with van der Waals surface area (Å²) in [4.78, 5) is 17.1. The Kier molecular flexibility index (Phi) is 3.77. The monoisotopic (exact) mass is 328 g/mol. The molecule has 1 aromatic heterocycles. The number of rotatable bonds is 2. The first-order valence-corrected chi connectivity index (χ1v) is 8.93. The molecule has 0 N–H and O–H groups in total. The predicted molar refractivity (Wildman–Crippen MR) is 90.5 cm³/mol. The number of carbonyl (C=O) groups excluding carboxylic acids is 1. The average molecular weight is 328 g/mol. The van der Waals surface area contributed by atoms with Gasteiger partial charge in [-0.05, 0) is 30.9 Å². The number of hydrogen-bond acceptors (Lipinski definition) is 5. The van der Waals surface area contributed by atoms with Crippen molar-refractivity contribution in [2.24, 2.45) is 5.92 Å². The fraction of sp³-hybridized carbons (Fsp3) is 0.471. The third kappa shape index (κ3) is 2.83. The van der Waals surface area contributed by atoms with Gasteiger partial charge in [-0.25, -0.2) is 0 Å². The molecule has 2 aliphatic heterocycles. The van der Waals surface area contributed by atoms with E-state index in [0.29, 0.717) is 5.91 Å². The highest BCUT2D eigenvalue weighted by Gasteiger charge is 2.33. The van der Waals surface area contributed by atoms with E-state index in [1.807, 2.05) is 11.8 Å². The van der Waals surface area contributed by atoms with Gasteiger partial charge >= 0.3 is 0 Å². The van der Waals surface area contributed by atoms with Gasteiger partial charge in [0.2, 0.25) is 11.0 Å². The highest BCUT2D eigenvalue weighted by atomic mass is 32.1. The average Bonchev–Trinajstić information content (AvgIpc) is 3.22. The van der Waals surface area contributed by atoms with Crippen molar-refractivity contribution in [1.82, 2.24) is 15.1 Å². The molecule has 1 aromatic carbocycles. The topological polar surface area (TPSA) is 49.3 Å². The number of benzene rings is 1. The van der Waals surface area contributed by atoms with Crippen LogP contribution in [0.15, 0.2) is 24.3 Å². The Balaban J connectivity index is 1.42. The first-order chi connectivity index (χ1) is 11.2. The lowest BCUT2D eigenvalue weighted by atomic mass is 9.98. The molecule has 1 saturated heterocycles. The summed E-state index contributed by atoms with van der Waals surface area (Å²) >= 11 is 1.60. The number of carbonyl (C=O) groups is 1. The SMILES string of the molecule is Cc1nnc(N2CCC(C(=O)N3CCc4ccccc4C3)C2)s1. The summed E-state index contributed by atoms with van der Waals surface area (Å²) in [6.07, 6.45) is 1.88. The Bertz CT molecular complexity index is 729. The van der Waals surface area contributed by atoms with Gasteiger partial charge in [0.15, 0.2) is 0 Å². The fourth-order valence-corrected chi connectivity index (χ4v) is 4.21. The minimum atomic E-state index is 0.0875. The molecule has 5 nitrogen and oxygen atoms in total. The molecule has 0 spiro atoms. The van der Waals surface area contributed by atoms with Crippen LogP contribution in [0.1, 0.15) is 22.6 Å². The molecule has 1 atom stereocenters. The lowest BCUT2D eigenvalue weighted by Gasteiger charge is -2.30. The molecule has 2 aliphatic rings. The first-order valence-electron chi connectivity index (χ1n) is 8.11. The van der Waals surface area contributed by atoms with Gasteiger partial charge < -0.3 is 9.80 Å². The maximum Gasteiger partial charge on any atom is 0.227 e. The number of amides is 1. The summed E-state index contributed by atoms with van der Waals surface area (Å²) in [5.41, 5.74) is 2.68. The third-order valence-corrected chi connectivity index (χ3v) is 5.67. The number of nitrogens with zero attached hydrogens (tertiary/aromatic N) is 4. The molecule has 0 radical (unpaired) electrons. The Labute approximate surface area is 139 Å². The van der Waals surface area contributed by atoms with Crippen LogP contribution in [0.25, 0.3) is 0 Å². The number of aromatic nitrogens is 2. The van der Waals surface area contributed by atoms with Crippen molar-refractivity contribution in [3.8, 4) is 0 Å². The quantitative estimate of drug-likeness (QED) is 0.848. The molecule has 0 saturated carbocycles. The maximum absolute atomic E-state index is 12.9. The second-order valence-electron chi connectivity index (χ2n) is 6.31. The van der Waals surface area contributed by atoms with Crippen LogP contribution in [0.2, 0.25) is 0 Å². The molecule has 6 heteroatoms. The summed E-state index contributed by atoms with van der Waals surface area (Å²) in [5.74, 6) is 0.382. The van der Waals surface area contributed by atoms with Crippen LogP contribution in [0, 0.1) is 12.8 Å². The molecule has 1 unspecified atom stereocenters. The number of anilines is 1. The summed E-state index contributed by atoms with van der Waals surface area (Å²) in [5, 5.41) is 10.2. The van der Waals surface area contributed by atoms with Crippen LogP contribution in [0.5, 0.6) is 0 Å². The zero-order valence-corrected chi connectivity index (χ0v) is 14.1. The highest BCUT2D eigenvalue weighted by molar-refractivity contribution is 7.15. The minimum Gasteiger partial charge on any atom is -0.346 e. The number of hydrogen-bond donors (Lipinski definition) is 0. The van der Waals surface area contributed by atoms with E-state index in [9.17, 15) is 4.79 Å². The Hall–Kier alpha value is -1.95. The van der Waals surface area contributed by atoms with E-state index in [1.165, 1.54) is 11.1 Å². The van der Waals surface area contributed by atoms with Crippen LogP contribution in [0.4, 0.5) is 5.13 Å². The molecule has 1 fully saturated rings. The molecule has 0 aliphatic carbocycles. The van der Waals surface area contributed by atoms with E-state index in [0.717, 1.165) is 49.2 Å². The van der Waals surface area contributed by atoms with Gasteiger partial charge in [-0.3, -0.25) is 4.79 Å². The van der Waals surface area contributed by atoms with E-state index in [4.69, 9.17) is 0 Å². The van der Waals surface area contributed by atoms with E-state index in [-0.39, 0.29) is 5.92 Å². The van der Waals surface area contributed by atoms with Crippen molar-refractivity contribution in [3.63, 3.8) is 0 Å². The fourth-order valence-electron chi connectivity index (χ4n) is 3.49. The summed E-state index contributed by atoms with van der Waals surface area (Å²) in [6.45, 7) is 5.22. The molecule has 3 heterocycles. The Morgan fingerprint density at radius 2 is 2.04 bits per heavy atom. The minimum absolute atomic E-state index is 0.0875. The molecular weight excluding hydrogens is 308 g/mol. The smallest absolute Gasteiger partial charge is 0.227 e. The van der Waals surface area contributed by atoms with Crippen LogP contribution in [0.3, 0.4) is 0 Å². The van der Waals surface area contributed by atoms with Crippen LogP contribution in [-0.4, -0.2) is 40.6 Å². The largest absolute Gasteiger partial charge is 0.346 e. The van der Waals surface area contributed by atoms with Crippen molar-refractivity contribution in [2.45, 2.75) is 26.3 Å². The Morgan fingerprint density at radius 3 is 2.83 bits per heavy atom. The lowest BCUT2D eigenvalue weighted by Crippen LogP contribution is -2.40. The highest BCUT2D eigenvalue weighted by Crippen LogP contribution is 2.28. The molecule has 23 heavy (non-hydrogen) atoms. The van der Waals surface area contributed by atoms with Crippen LogP contribution >= 0.6 is 11.3 Å². The number of aryl methyl sites for hydroxylation is 1. The number of fused-ring (bicyclic) bond motifs is 1. The van der Waals surface area contributed by atoms with Gasteiger partial charge in [0.1, 0.15) is 5.01 Å². The summed E-state index contributed by atoms with van der Waals surface area (Å²) in [6, 6.07) is 8.45. The predicted octanol–water partition coefficient (Wildman–Crippen LogP) is 2.26. The van der Waals surface area contributed by atoms with E-state index in [2.05, 4.69) is 39.4 Å². The third-order valence-electron chi connectivity index (χ3n) is 4.77. The van der Waals surface area contributed by atoms with Gasteiger partial charge in [0, 0.05) is 26.2 Å². The summed E-state index contributed by atoms with van der Waals surface area (Å²) in [7, 11) is 0. The zero-order valence-electron chi connectivity index (χ0n) is 13.2. The van der Waals surface area contributed by atoms with Gasteiger partial charge in [0.25, 0.3) is 0 Å². The molecular formula is C17H20N4OS. The Morgan fingerprint density at radius 1 is 1.22 bits per heavy atom.